The first-order chi connectivity index (χ1) is 11.5. The van der Waals surface area contributed by atoms with Gasteiger partial charge in [0.15, 0.2) is 0 Å². The second-order valence-electron chi connectivity index (χ2n) is 4.99. The Morgan fingerprint density at radius 2 is 2.21 bits per heavy atom. The summed E-state index contributed by atoms with van der Waals surface area (Å²) in [6.45, 7) is 0.239. The maximum Gasteiger partial charge on any atom is 0.271 e. The minimum atomic E-state index is -0.551. The van der Waals surface area contributed by atoms with Gasteiger partial charge in [0.2, 0.25) is 5.91 Å². The van der Waals surface area contributed by atoms with Gasteiger partial charge in [-0.1, -0.05) is 6.07 Å². The molecule has 9 heteroatoms. The molecule has 2 heterocycles. The van der Waals surface area contributed by atoms with Gasteiger partial charge in [-0.05, 0) is 17.5 Å². The Morgan fingerprint density at radius 3 is 2.92 bits per heavy atom. The first-order valence-electron chi connectivity index (χ1n) is 6.97. The van der Waals surface area contributed by atoms with E-state index in [-0.39, 0.29) is 29.0 Å². The number of benzene rings is 1. The molecular formula is C15H12N4O4S. The second-order valence-corrected chi connectivity index (χ2v) is 6.02. The molecule has 8 nitrogen and oxygen atoms in total. The van der Waals surface area contributed by atoms with E-state index < -0.39 is 10.5 Å². The second kappa shape index (κ2) is 6.59. The fourth-order valence-corrected chi connectivity index (χ4v) is 2.83. The first-order valence-corrected chi connectivity index (χ1v) is 7.85. The Labute approximate surface area is 139 Å². The summed E-state index contributed by atoms with van der Waals surface area (Å²) in [6, 6.07) is 7.62. The molecule has 3 aromatic rings. The smallest absolute Gasteiger partial charge is 0.271 e. The Balaban J connectivity index is 1.78. The number of rotatable bonds is 5. The zero-order valence-corrected chi connectivity index (χ0v) is 13.2. The van der Waals surface area contributed by atoms with Gasteiger partial charge in [-0.15, -0.1) is 11.3 Å². The van der Waals surface area contributed by atoms with Crippen molar-refractivity contribution in [3.63, 3.8) is 0 Å². The third-order valence-electron chi connectivity index (χ3n) is 3.37. The minimum absolute atomic E-state index is 0.138. The van der Waals surface area contributed by atoms with Crippen LogP contribution >= 0.6 is 11.3 Å². The predicted octanol–water partition coefficient (Wildman–Crippen LogP) is 1.68. The predicted molar refractivity (Wildman–Crippen MR) is 88.8 cm³/mol. The summed E-state index contributed by atoms with van der Waals surface area (Å²) in [5, 5.41) is 15.6. The van der Waals surface area contributed by atoms with Crippen LogP contribution in [-0.2, 0) is 17.9 Å². The summed E-state index contributed by atoms with van der Waals surface area (Å²) >= 11 is 1.53. The standard InChI is InChI=1S/C15H12N4O4S/c20-14(16-7-11-2-1-5-24-11)8-18-9-17-13-6-10(19(22)23)3-4-12(13)15(18)21/h1-6,9H,7-8H2,(H,16,20). The summed E-state index contributed by atoms with van der Waals surface area (Å²) in [5.74, 6) is -0.312. The highest BCUT2D eigenvalue weighted by Crippen LogP contribution is 2.16. The molecule has 0 spiro atoms. The van der Waals surface area contributed by atoms with Crippen LogP contribution in [0.25, 0.3) is 10.9 Å². The van der Waals surface area contributed by atoms with Crippen molar-refractivity contribution in [2.75, 3.05) is 0 Å². The zero-order chi connectivity index (χ0) is 17.1. The molecular weight excluding hydrogens is 332 g/mol. The summed E-state index contributed by atoms with van der Waals surface area (Å²) in [4.78, 5) is 39.6. The molecule has 0 radical (unpaired) electrons. The summed E-state index contributed by atoms with van der Waals surface area (Å²) in [6.07, 6.45) is 1.22. The van der Waals surface area contributed by atoms with E-state index in [1.165, 1.54) is 40.4 Å². The molecule has 0 saturated heterocycles. The third kappa shape index (κ3) is 3.30. The number of hydrogen-bond donors (Lipinski definition) is 1. The molecule has 122 valence electrons. The number of carbonyl (C=O) groups is 1. The molecule has 0 aliphatic rings. The lowest BCUT2D eigenvalue weighted by Crippen LogP contribution is -2.32. The largest absolute Gasteiger partial charge is 0.350 e. The molecule has 0 fully saturated rings. The van der Waals surface area contributed by atoms with Gasteiger partial charge in [-0.25, -0.2) is 4.98 Å². The number of nitrogens with zero attached hydrogens (tertiary/aromatic N) is 3. The van der Waals surface area contributed by atoms with E-state index in [1.807, 2.05) is 17.5 Å². The quantitative estimate of drug-likeness (QED) is 0.560. The molecule has 24 heavy (non-hydrogen) atoms. The average molecular weight is 344 g/mol. The molecule has 3 rings (SSSR count). The minimum Gasteiger partial charge on any atom is -0.350 e. The molecule has 0 atom stereocenters. The van der Waals surface area contributed by atoms with E-state index in [0.717, 1.165) is 4.88 Å². The number of nitro benzene ring substituents is 1. The summed E-state index contributed by atoms with van der Waals surface area (Å²) in [5.41, 5.74) is -0.327. The van der Waals surface area contributed by atoms with Gasteiger partial charge >= 0.3 is 0 Å². The Hall–Kier alpha value is -3.07. The number of nitro groups is 1. The van der Waals surface area contributed by atoms with Gasteiger partial charge in [-0.3, -0.25) is 24.3 Å². The number of nitrogens with one attached hydrogen (secondary N) is 1. The van der Waals surface area contributed by atoms with Crippen LogP contribution in [-0.4, -0.2) is 20.4 Å². The van der Waals surface area contributed by atoms with E-state index in [4.69, 9.17) is 0 Å². The number of aromatic nitrogens is 2. The highest BCUT2D eigenvalue weighted by Gasteiger charge is 2.12. The van der Waals surface area contributed by atoms with Crippen LogP contribution in [0.5, 0.6) is 0 Å². The van der Waals surface area contributed by atoms with Crippen molar-refractivity contribution in [1.82, 2.24) is 14.9 Å². The van der Waals surface area contributed by atoms with Crippen LogP contribution in [0.15, 0.2) is 46.8 Å². The van der Waals surface area contributed by atoms with Crippen molar-refractivity contribution in [3.05, 3.63) is 67.4 Å². The molecule has 0 aliphatic carbocycles. The summed E-state index contributed by atoms with van der Waals surface area (Å²) in [7, 11) is 0. The Bertz CT molecular complexity index is 965. The van der Waals surface area contributed by atoms with Crippen LogP contribution in [0.1, 0.15) is 4.88 Å². The lowest BCUT2D eigenvalue weighted by atomic mass is 10.2. The van der Waals surface area contributed by atoms with Crippen molar-refractivity contribution >= 4 is 33.8 Å². The molecule has 0 bridgehead atoms. The number of fused-ring (bicyclic) bond motifs is 1. The molecule has 2 aromatic heterocycles. The number of non-ortho nitro benzene ring substituents is 1. The van der Waals surface area contributed by atoms with E-state index in [0.29, 0.717) is 6.54 Å². The van der Waals surface area contributed by atoms with Gasteiger partial charge in [0.05, 0.1) is 28.7 Å². The van der Waals surface area contributed by atoms with Crippen LogP contribution in [0.4, 0.5) is 5.69 Å². The number of hydrogen-bond acceptors (Lipinski definition) is 6. The topological polar surface area (TPSA) is 107 Å². The normalized spacial score (nSPS) is 10.7. The fraction of sp³-hybridized carbons (Fsp3) is 0.133. The highest BCUT2D eigenvalue weighted by molar-refractivity contribution is 7.09. The van der Waals surface area contributed by atoms with Gasteiger partial charge in [0.1, 0.15) is 6.54 Å². The maximum absolute atomic E-state index is 12.4. The van der Waals surface area contributed by atoms with E-state index in [2.05, 4.69) is 10.3 Å². The van der Waals surface area contributed by atoms with Crippen molar-refractivity contribution < 1.29 is 9.72 Å². The SMILES string of the molecule is O=C(Cn1cnc2cc([N+](=O)[O-])ccc2c1=O)NCc1cccs1. The van der Waals surface area contributed by atoms with E-state index in [9.17, 15) is 19.7 Å². The van der Waals surface area contributed by atoms with Crippen molar-refractivity contribution in [3.8, 4) is 0 Å². The van der Waals surface area contributed by atoms with Crippen LogP contribution in [0.2, 0.25) is 0 Å². The monoisotopic (exact) mass is 344 g/mol. The number of carbonyl (C=O) groups excluding carboxylic acids is 1. The zero-order valence-electron chi connectivity index (χ0n) is 12.3. The van der Waals surface area contributed by atoms with E-state index >= 15 is 0 Å². The van der Waals surface area contributed by atoms with E-state index in [1.54, 1.807) is 0 Å². The number of thiophene rings is 1. The summed E-state index contributed by atoms with van der Waals surface area (Å²) < 4.78 is 1.18. The highest BCUT2D eigenvalue weighted by atomic mass is 32.1. The maximum atomic E-state index is 12.4. The van der Waals surface area contributed by atoms with Gasteiger partial charge in [0, 0.05) is 17.0 Å². The van der Waals surface area contributed by atoms with Gasteiger partial charge < -0.3 is 5.32 Å². The third-order valence-corrected chi connectivity index (χ3v) is 4.25. The van der Waals surface area contributed by atoms with Crippen LogP contribution in [0, 0.1) is 10.1 Å². The van der Waals surface area contributed by atoms with Crippen molar-refractivity contribution in [1.29, 1.82) is 0 Å². The molecule has 1 N–H and O–H groups in total. The lowest BCUT2D eigenvalue weighted by molar-refractivity contribution is -0.384. The van der Waals surface area contributed by atoms with Gasteiger partial charge in [-0.2, -0.15) is 0 Å². The molecule has 0 aliphatic heterocycles. The van der Waals surface area contributed by atoms with Crippen LogP contribution in [0.3, 0.4) is 0 Å². The molecule has 0 saturated carbocycles. The number of amides is 1. The average Bonchev–Trinajstić information content (AvgIpc) is 3.08. The molecule has 1 aromatic carbocycles. The first kappa shape index (κ1) is 15.8. The molecule has 1 amide bonds. The van der Waals surface area contributed by atoms with Crippen molar-refractivity contribution in [2.45, 2.75) is 13.1 Å². The molecule has 0 unspecified atom stereocenters. The Morgan fingerprint density at radius 1 is 1.38 bits per heavy atom. The lowest BCUT2D eigenvalue weighted by Gasteiger charge is -2.07. The van der Waals surface area contributed by atoms with Crippen LogP contribution < -0.4 is 10.9 Å². The fourth-order valence-electron chi connectivity index (χ4n) is 2.18. The Kier molecular flexibility index (Phi) is 4.34. The van der Waals surface area contributed by atoms with Crippen molar-refractivity contribution in [2.24, 2.45) is 0 Å². The van der Waals surface area contributed by atoms with Gasteiger partial charge in [0.25, 0.3) is 11.2 Å².